The van der Waals surface area contributed by atoms with Gasteiger partial charge in [0, 0.05) is 17.3 Å². The molecule has 2 aliphatic rings. The molecule has 0 spiro atoms. The van der Waals surface area contributed by atoms with Crippen molar-refractivity contribution in [2.45, 2.75) is 19.5 Å². The molecule has 26 heavy (non-hydrogen) atoms. The van der Waals surface area contributed by atoms with E-state index in [4.69, 9.17) is 18.9 Å². The van der Waals surface area contributed by atoms with Crippen molar-refractivity contribution in [3.05, 3.63) is 42.0 Å². The van der Waals surface area contributed by atoms with E-state index in [-0.39, 0.29) is 18.7 Å². The molecular formula is C19H21N2O5+. The molecule has 0 saturated heterocycles. The predicted octanol–water partition coefficient (Wildman–Crippen LogP) is 1.28. The van der Waals surface area contributed by atoms with Gasteiger partial charge < -0.3 is 29.6 Å². The zero-order valence-electron chi connectivity index (χ0n) is 14.5. The number of ether oxygens (including phenoxy) is 4. The van der Waals surface area contributed by atoms with Crippen LogP contribution in [0.5, 0.6) is 23.0 Å². The van der Waals surface area contributed by atoms with Gasteiger partial charge in [-0.1, -0.05) is 0 Å². The molecule has 0 unspecified atom stereocenters. The van der Waals surface area contributed by atoms with E-state index in [1.807, 2.05) is 42.6 Å². The Kier molecular flexibility index (Phi) is 4.53. The van der Waals surface area contributed by atoms with E-state index in [9.17, 15) is 4.79 Å². The summed E-state index contributed by atoms with van der Waals surface area (Å²) < 4.78 is 21.7. The van der Waals surface area contributed by atoms with Gasteiger partial charge in [-0.05, 0) is 37.3 Å². The first kappa shape index (κ1) is 16.5. The molecule has 2 aromatic rings. The Morgan fingerprint density at radius 3 is 2.58 bits per heavy atom. The Bertz CT molecular complexity index is 824. The van der Waals surface area contributed by atoms with Crippen molar-refractivity contribution in [2.75, 3.05) is 25.3 Å². The molecular weight excluding hydrogens is 336 g/mol. The molecule has 2 aliphatic heterocycles. The van der Waals surface area contributed by atoms with Crippen LogP contribution in [0.15, 0.2) is 36.4 Å². The van der Waals surface area contributed by atoms with E-state index in [1.54, 1.807) is 6.07 Å². The number of carbonyl (C=O) groups is 1. The van der Waals surface area contributed by atoms with Gasteiger partial charge >= 0.3 is 0 Å². The maximum Gasteiger partial charge on any atom is 0.282 e. The third kappa shape index (κ3) is 3.52. The standard InChI is InChI=1S/C19H20N2O5/c1-12(20-10-13-2-4-16-17(8-13)26-11-25-16)19(22)21-14-3-5-15-18(9-14)24-7-6-23-15/h2-5,8-9,12,20H,6-7,10-11H2,1H3,(H,21,22)/p+1/t12-/m0/s1. The molecule has 3 N–H and O–H groups in total. The normalized spacial score (nSPS) is 15.4. The molecule has 1 atom stereocenters. The lowest BCUT2D eigenvalue weighted by Crippen LogP contribution is -2.90. The molecule has 7 heteroatoms. The second-order valence-corrected chi connectivity index (χ2v) is 6.26. The number of amides is 1. The molecule has 0 aromatic heterocycles. The lowest BCUT2D eigenvalue weighted by atomic mass is 10.2. The zero-order valence-corrected chi connectivity index (χ0v) is 14.5. The fourth-order valence-electron chi connectivity index (χ4n) is 2.87. The van der Waals surface area contributed by atoms with Crippen molar-refractivity contribution in [2.24, 2.45) is 0 Å². The number of hydrogen-bond acceptors (Lipinski definition) is 5. The van der Waals surface area contributed by atoms with Crippen LogP contribution < -0.4 is 29.6 Å². The number of rotatable bonds is 5. The fraction of sp³-hybridized carbons (Fsp3) is 0.316. The number of carbonyl (C=O) groups excluding carboxylic acids is 1. The van der Waals surface area contributed by atoms with Gasteiger partial charge in [-0.15, -0.1) is 0 Å². The largest absolute Gasteiger partial charge is 0.486 e. The molecule has 0 saturated carbocycles. The maximum atomic E-state index is 12.4. The number of nitrogens with two attached hydrogens (primary N) is 1. The van der Waals surface area contributed by atoms with Crippen molar-refractivity contribution in [1.82, 2.24) is 0 Å². The van der Waals surface area contributed by atoms with Gasteiger partial charge in [-0.25, -0.2) is 0 Å². The number of quaternary nitrogens is 1. The molecule has 136 valence electrons. The van der Waals surface area contributed by atoms with Crippen LogP contribution >= 0.6 is 0 Å². The van der Waals surface area contributed by atoms with E-state index < -0.39 is 0 Å². The quantitative estimate of drug-likeness (QED) is 0.842. The first-order valence-corrected chi connectivity index (χ1v) is 8.61. The lowest BCUT2D eigenvalue weighted by molar-refractivity contribution is -0.688. The number of hydrogen-bond donors (Lipinski definition) is 2. The second-order valence-electron chi connectivity index (χ2n) is 6.26. The average Bonchev–Trinajstić information content (AvgIpc) is 3.13. The molecule has 0 aliphatic carbocycles. The van der Waals surface area contributed by atoms with Crippen LogP contribution in [-0.2, 0) is 11.3 Å². The number of benzene rings is 2. The van der Waals surface area contributed by atoms with E-state index in [1.165, 1.54) is 0 Å². The molecule has 7 nitrogen and oxygen atoms in total. The van der Waals surface area contributed by atoms with Crippen molar-refractivity contribution in [3.63, 3.8) is 0 Å². The van der Waals surface area contributed by atoms with Crippen molar-refractivity contribution in [3.8, 4) is 23.0 Å². The van der Waals surface area contributed by atoms with Gasteiger partial charge in [0.25, 0.3) is 5.91 Å². The van der Waals surface area contributed by atoms with E-state index >= 15 is 0 Å². The average molecular weight is 357 g/mol. The van der Waals surface area contributed by atoms with Crippen LogP contribution in [0, 0.1) is 0 Å². The van der Waals surface area contributed by atoms with Crippen LogP contribution in [0.4, 0.5) is 5.69 Å². The SMILES string of the molecule is C[C@H]([NH2+]Cc1ccc2c(c1)OCO2)C(=O)Nc1ccc2c(c1)OCCO2. The summed E-state index contributed by atoms with van der Waals surface area (Å²) in [6, 6.07) is 11.0. The Balaban J connectivity index is 1.33. The van der Waals surface area contributed by atoms with Gasteiger partial charge in [0.2, 0.25) is 6.79 Å². The fourth-order valence-corrected chi connectivity index (χ4v) is 2.87. The zero-order chi connectivity index (χ0) is 17.9. The molecule has 1 amide bonds. The summed E-state index contributed by atoms with van der Waals surface area (Å²) in [5.74, 6) is 2.81. The summed E-state index contributed by atoms with van der Waals surface area (Å²) in [6.07, 6.45) is 0. The molecule has 0 bridgehead atoms. The topological polar surface area (TPSA) is 82.6 Å². The highest BCUT2D eigenvalue weighted by molar-refractivity contribution is 5.93. The number of fused-ring (bicyclic) bond motifs is 2. The van der Waals surface area contributed by atoms with Gasteiger partial charge in [0.05, 0.1) is 0 Å². The number of nitrogens with one attached hydrogen (secondary N) is 1. The predicted molar refractivity (Wildman–Crippen MR) is 93.7 cm³/mol. The van der Waals surface area contributed by atoms with Crippen molar-refractivity contribution < 1.29 is 29.1 Å². The van der Waals surface area contributed by atoms with Gasteiger partial charge in [0.15, 0.2) is 29.0 Å². The third-order valence-corrected chi connectivity index (χ3v) is 4.37. The highest BCUT2D eigenvalue weighted by atomic mass is 16.7. The van der Waals surface area contributed by atoms with Crippen LogP contribution in [0.25, 0.3) is 0 Å². The molecule has 0 radical (unpaired) electrons. The van der Waals surface area contributed by atoms with E-state index in [0.29, 0.717) is 36.9 Å². The summed E-state index contributed by atoms with van der Waals surface area (Å²) in [6.45, 7) is 3.87. The Labute approximate surface area is 151 Å². The van der Waals surface area contributed by atoms with Crippen LogP contribution in [-0.4, -0.2) is 32.0 Å². The van der Waals surface area contributed by atoms with Gasteiger partial charge in [-0.3, -0.25) is 4.79 Å². The van der Waals surface area contributed by atoms with Gasteiger partial charge in [-0.2, -0.15) is 0 Å². The highest BCUT2D eigenvalue weighted by Gasteiger charge is 2.19. The Morgan fingerprint density at radius 1 is 1.00 bits per heavy atom. The van der Waals surface area contributed by atoms with Crippen LogP contribution in [0.1, 0.15) is 12.5 Å². The molecule has 4 rings (SSSR count). The minimum Gasteiger partial charge on any atom is -0.486 e. The lowest BCUT2D eigenvalue weighted by Gasteiger charge is -2.19. The summed E-state index contributed by atoms with van der Waals surface area (Å²) >= 11 is 0. The van der Waals surface area contributed by atoms with Crippen molar-refractivity contribution >= 4 is 11.6 Å². The summed E-state index contributed by atoms with van der Waals surface area (Å²) in [5, 5.41) is 4.90. The second kappa shape index (κ2) is 7.13. The third-order valence-electron chi connectivity index (χ3n) is 4.37. The molecule has 2 heterocycles. The highest BCUT2D eigenvalue weighted by Crippen LogP contribution is 2.33. The van der Waals surface area contributed by atoms with Crippen LogP contribution in [0.3, 0.4) is 0 Å². The van der Waals surface area contributed by atoms with Crippen LogP contribution in [0.2, 0.25) is 0 Å². The first-order valence-electron chi connectivity index (χ1n) is 8.61. The smallest absolute Gasteiger partial charge is 0.282 e. The maximum absolute atomic E-state index is 12.4. The summed E-state index contributed by atoms with van der Waals surface area (Å²) in [7, 11) is 0. The van der Waals surface area contributed by atoms with E-state index in [0.717, 1.165) is 17.1 Å². The van der Waals surface area contributed by atoms with Gasteiger partial charge in [0.1, 0.15) is 19.8 Å². The Hall–Kier alpha value is -2.93. The minimum atomic E-state index is -0.242. The summed E-state index contributed by atoms with van der Waals surface area (Å²) in [4.78, 5) is 12.4. The number of anilines is 1. The van der Waals surface area contributed by atoms with Crippen molar-refractivity contribution in [1.29, 1.82) is 0 Å². The monoisotopic (exact) mass is 357 g/mol. The van der Waals surface area contributed by atoms with E-state index in [2.05, 4.69) is 5.32 Å². The molecule has 2 aromatic carbocycles. The first-order chi connectivity index (χ1) is 12.7. The minimum absolute atomic E-state index is 0.0672. The molecule has 0 fully saturated rings. The Morgan fingerprint density at radius 2 is 1.69 bits per heavy atom. The summed E-state index contributed by atoms with van der Waals surface area (Å²) in [5.41, 5.74) is 1.77.